The fraction of sp³-hybridized carbons (Fsp3) is 0.100. The Labute approximate surface area is 121 Å². The van der Waals surface area contributed by atoms with E-state index in [1.165, 1.54) is 0 Å². The lowest BCUT2D eigenvalue weighted by Gasteiger charge is -2.02. The molecule has 6 nitrogen and oxygen atoms in total. The third-order valence-electron chi connectivity index (χ3n) is 2.06. The lowest BCUT2D eigenvalue weighted by molar-refractivity contribution is 0.102. The van der Waals surface area contributed by atoms with E-state index in [4.69, 9.17) is 0 Å². The van der Waals surface area contributed by atoms with Gasteiger partial charge >= 0.3 is 0 Å². The second-order valence-corrected chi connectivity index (χ2v) is 7.60. The molecule has 0 bridgehead atoms. The van der Waals surface area contributed by atoms with Crippen LogP contribution in [0.3, 0.4) is 0 Å². The van der Waals surface area contributed by atoms with Crippen LogP contribution in [0.2, 0.25) is 0 Å². The average molecular weight is 362 g/mol. The lowest BCUT2D eigenvalue weighted by atomic mass is 10.2. The molecule has 9 heteroatoms. The van der Waals surface area contributed by atoms with Gasteiger partial charge in [0.1, 0.15) is 0 Å². The Morgan fingerprint density at radius 3 is 2.58 bits per heavy atom. The zero-order chi connectivity index (χ0) is 14.0. The van der Waals surface area contributed by atoms with Crippen molar-refractivity contribution in [3.05, 3.63) is 34.3 Å². The lowest BCUT2D eigenvalue weighted by Crippen LogP contribution is -2.12. The molecule has 100 valence electrons. The number of carbonyl (C=O) groups excluding carboxylic acids is 1. The third-order valence-corrected chi connectivity index (χ3v) is 5.26. The van der Waals surface area contributed by atoms with Crippen molar-refractivity contribution in [1.29, 1.82) is 0 Å². The van der Waals surface area contributed by atoms with Crippen LogP contribution < -0.4 is 5.32 Å². The first-order chi connectivity index (χ1) is 8.88. The molecule has 0 fully saturated rings. The molecule has 0 saturated heterocycles. The minimum absolute atomic E-state index is 0.130. The topological polar surface area (TPSA) is 89.0 Å². The van der Waals surface area contributed by atoms with Crippen molar-refractivity contribution >= 4 is 48.1 Å². The Morgan fingerprint density at radius 1 is 1.32 bits per heavy atom. The largest absolute Gasteiger partial charge is 0.296 e. The summed E-state index contributed by atoms with van der Waals surface area (Å²) in [4.78, 5) is 11.9. The van der Waals surface area contributed by atoms with Crippen LogP contribution in [0.15, 0.2) is 33.1 Å². The predicted molar refractivity (Wildman–Crippen MR) is 75.1 cm³/mol. The van der Waals surface area contributed by atoms with Crippen molar-refractivity contribution < 1.29 is 13.2 Å². The van der Waals surface area contributed by atoms with E-state index in [0.717, 1.165) is 17.6 Å². The molecular formula is C10H8BrN3O3S2. The van der Waals surface area contributed by atoms with Gasteiger partial charge in [0.15, 0.2) is 0 Å². The SMILES string of the molecule is CS(=O)(=O)c1nnc(NC(=O)c2ccccc2Br)s1. The Balaban J connectivity index is 2.21. The zero-order valence-electron chi connectivity index (χ0n) is 9.62. The van der Waals surface area contributed by atoms with E-state index in [1.54, 1.807) is 24.3 Å². The Hall–Kier alpha value is -1.32. The van der Waals surface area contributed by atoms with Crippen LogP contribution in [0.5, 0.6) is 0 Å². The van der Waals surface area contributed by atoms with Gasteiger partial charge in [0.25, 0.3) is 5.91 Å². The van der Waals surface area contributed by atoms with E-state index < -0.39 is 9.84 Å². The molecule has 0 unspecified atom stereocenters. The van der Waals surface area contributed by atoms with Crippen molar-refractivity contribution in [3.8, 4) is 0 Å². The molecule has 0 aliphatic carbocycles. The Morgan fingerprint density at radius 2 is 2.00 bits per heavy atom. The molecule has 0 radical (unpaired) electrons. The van der Waals surface area contributed by atoms with Crippen LogP contribution in [0.1, 0.15) is 10.4 Å². The maximum atomic E-state index is 11.9. The van der Waals surface area contributed by atoms with Crippen LogP contribution in [0, 0.1) is 0 Å². The first kappa shape index (κ1) is 14.1. The summed E-state index contributed by atoms with van der Waals surface area (Å²) in [6.07, 6.45) is 1.03. The number of rotatable bonds is 3. The molecule has 0 spiro atoms. The zero-order valence-corrected chi connectivity index (χ0v) is 12.8. The van der Waals surface area contributed by atoms with Crippen molar-refractivity contribution in [2.24, 2.45) is 0 Å². The highest BCUT2D eigenvalue weighted by atomic mass is 79.9. The maximum Gasteiger partial charge on any atom is 0.258 e. The highest BCUT2D eigenvalue weighted by Gasteiger charge is 2.17. The molecule has 1 aromatic heterocycles. The fourth-order valence-electron chi connectivity index (χ4n) is 1.22. The van der Waals surface area contributed by atoms with Gasteiger partial charge in [0.2, 0.25) is 19.3 Å². The first-order valence-corrected chi connectivity index (χ1v) is 8.47. The molecule has 1 heterocycles. The second kappa shape index (κ2) is 5.35. The summed E-state index contributed by atoms with van der Waals surface area (Å²) >= 11 is 4.07. The fourth-order valence-corrected chi connectivity index (χ4v) is 3.19. The van der Waals surface area contributed by atoms with Gasteiger partial charge in [-0.1, -0.05) is 23.5 Å². The van der Waals surface area contributed by atoms with Crippen molar-refractivity contribution in [2.45, 2.75) is 4.34 Å². The molecule has 1 N–H and O–H groups in total. The quantitative estimate of drug-likeness (QED) is 0.844. The molecule has 0 aliphatic rings. The minimum Gasteiger partial charge on any atom is -0.296 e. The van der Waals surface area contributed by atoms with E-state index in [9.17, 15) is 13.2 Å². The summed E-state index contributed by atoms with van der Waals surface area (Å²) in [5, 5.41) is 9.77. The summed E-state index contributed by atoms with van der Waals surface area (Å²) in [6.45, 7) is 0. The van der Waals surface area contributed by atoms with Crippen LogP contribution in [-0.4, -0.2) is 30.8 Å². The molecule has 0 aliphatic heterocycles. The normalized spacial score (nSPS) is 11.3. The number of hydrogen-bond acceptors (Lipinski definition) is 6. The van der Waals surface area contributed by atoms with Crippen molar-refractivity contribution in [1.82, 2.24) is 10.2 Å². The summed E-state index contributed by atoms with van der Waals surface area (Å²) in [6, 6.07) is 6.88. The summed E-state index contributed by atoms with van der Waals surface area (Å²) in [5.74, 6) is -0.385. The number of aromatic nitrogens is 2. The number of halogens is 1. The number of nitrogens with zero attached hydrogens (tertiary/aromatic N) is 2. The highest BCUT2D eigenvalue weighted by molar-refractivity contribution is 9.10. The van der Waals surface area contributed by atoms with Crippen molar-refractivity contribution in [2.75, 3.05) is 11.6 Å². The monoisotopic (exact) mass is 361 g/mol. The first-order valence-electron chi connectivity index (χ1n) is 4.97. The molecular weight excluding hydrogens is 354 g/mol. The number of hydrogen-bond donors (Lipinski definition) is 1. The average Bonchev–Trinajstić information content (AvgIpc) is 2.77. The van der Waals surface area contributed by atoms with Crippen LogP contribution in [-0.2, 0) is 9.84 Å². The summed E-state index contributed by atoms with van der Waals surface area (Å²) in [5.41, 5.74) is 0.429. The number of benzene rings is 1. The van der Waals surface area contributed by atoms with Crippen molar-refractivity contribution in [3.63, 3.8) is 0 Å². The van der Waals surface area contributed by atoms with E-state index in [-0.39, 0.29) is 15.4 Å². The van der Waals surface area contributed by atoms with E-state index in [2.05, 4.69) is 31.4 Å². The molecule has 1 aromatic carbocycles. The van der Waals surface area contributed by atoms with E-state index >= 15 is 0 Å². The minimum atomic E-state index is -3.41. The smallest absolute Gasteiger partial charge is 0.258 e. The third kappa shape index (κ3) is 3.37. The molecule has 1 amide bonds. The standard InChI is InChI=1S/C10H8BrN3O3S2/c1-19(16,17)10-14-13-9(18-10)12-8(15)6-4-2-3-5-7(6)11/h2-5H,1H3,(H,12,13,15). The van der Waals surface area contributed by atoms with Gasteiger partial charge in [0.05, 0.1) is 5.56 Å². The molecule has 0 atom stereocenters. The number of nitrogens with one attached hydrogen (secondary N) is 1. The van der Waals surface area contributed by atoms with E-state index in [1.807, 2.05) is 0 Å². The van der Waals surface area contributed by atoms with Gasteiger partial charge in [-0.2, -0.15) is 0 Å². The van der Waals surface area contributed by atoms with Gasteiger partial charge in [-0.3, -0.25) is 10.1 Å². The summed E-state index contributed by atoms with van der Waals surface area (Å²) < 4.78 is 23.0. The van der Waals surface area contributed by atoms with E-state index in [0.29, 0.717) is 10.0 Å². The van der Waals surface area contributed by atoms with Crippen LogP contribution >= 0.6 is 27.3 Å². The number of amides is 1. The summed E-state index contributed by atoms with van der Waals surface area (Å²) in [7, 11) is -3.41. The highest BCUT2D eigenvalue weighted by Crippen LogP contribution is 2.22. The molecule has 2 rings (SSSR count). The van der Waals surface area contributed by atoms with Crippen LogP contribution in [0.25, 0.3) is 0 Å². The molecule has 2 aromatic rings. The number of anilines is 1. The second-order valence-electron chi connectivity index (χ2n) is 3.58. The number of sulfone groups is 1. The Kier molecular flexibility index (Phi) is 3.97. The van der Waals surface area contributed by atoms with Gasteiger partial charge in [0, 0.05) is 10.7 Å². The van der Waals surface area contributed by atoms with Crippen LogP contribution in [0.4, 0.5) is 5.13 Å². The number of carbonyl (C=O) groups is 1. The molecule has 0 saturated carbocycles. The van der Waals surface area contributed by atoms with Gasteiger partial charge < -0.3 is 0 Å². The molecule has 19 heavy (non-hydrogen) atoms. The maximum absolute atomic E-state index is 11.9. The Bertz CT molecular complexity index is 727. The van der Waals surface area contributed by atoms with Gasteiger partial charge in [-0.05, 0) is 28.1 Å². The van der Waals surface area contributed by atoms with Gasteiger partial charge in [-0.25, -0.2) is 8.42 Å². The predicted octanol–water partition coefficient (Wildman–Crippen LogP) is 1.96. The van der Waals surface area contributed by atoms with Gasteiger partial charge in [-0.15, -0.1) is 10.2 Å².